The van der Waals surface area contributed by atoms with E-state index in [1.165, 1.54) is 0 Å². The van der Waals surface area contributed by atoms with E-state index in [1.807, 2.05) is 6.08 Å². The lowest BCUT2D eigenvalue weighted by atomic mass is 9.59. The second kappa shape index (κ2) is 11.6. The van der Waals surface area contributed by atoms with E-state index in [0.29, 0.717) is 38.6 Å². The number of hydrogen-bond donors (Lipinski definition) is 4. The van der Waals surface area contributed by atoms with Crippen LogP contribution in [-0.2, 0) is 14.3 Å². The number of nitrogens with one attached hydrogen (secondary N) is 1. The van der Waals surface area contributed by atoms with Gasteiger partial charge in [0.25, 0.3) is 0 Å². The zero-order chi connectivity index (χ0) is 23.9. The summed E-state index contributed by atoms with van der Waals surface area (Å²) in [6.45, 7) is 2.54. The standard InChI is InChI=1S/C26H41NO6/c1-2-3-8-12-20-21(16-19(28)11-9-6-4-5-7-10-13-24(30)31)33-25(32)15-14-22-26(20,18-25)23(29)17-27-22/h3,8,14,20-21,23,27,29,32H,2,4-7,9-13,15-18H2,1H3,(H,30,31)/b8-3-/t20-,21+,23+,25-,26?/m1/s1. The molecule has 0 amide bonds. The average molecular weight is 464 g/mol. The highest BCUT2D eigenvalue weighted by Gasteiger charge is 2.63. The average Bonchev–Trinajstić information content (AvgIpc) is 3.07. The van der Waals surface area contributed by atoms with E-state index in [-0.39, 0.29) is 24.5 Å². The van der Waals surface area contributed by atoms with Crippen molar-refractivity contribution in [2.24, 2.45) is 11.3 Å². The van der Waals surface area contributed by atoms with Gasteiger partial charge in [-0.3, -0.25) is 9.59 Å². The van der Waals surface area contributed by atoms with Crippen molar-refractivity contribution in [2.45, 2.75) is 108 Å². The second-order valence-corrected chi connectivity index (χ2v) is 10.0. The number of ketones is 1. The molecule has 2 aliphatic heterocycles. The van der Waals surface area contributed by atoms with Gasteiger partial charge in [-0.05, 0) is 25.7 Å². The molecule has 0 saturated carbocycles. The maximum absolute atomic E-state index is 12.9. The van der Waals surface area contributed by atoms with Gasteiger partial charge in [0.2, 0.25) is 0 Å². The molecule has 186 valence electrons. The van der Waals surface area contributed by atoms with Gasteiger partial charge in [0.1, 0.15) is 5.78 Å². The number of fused-ring (bicyclic) bond motifs is 1. The van der Waals surface area contributed by atoms with Gasteiger partial charge in [-0.15, -0.1) is 0 Å². The third-order valence-electron chi connectivity index (χ3n) is 7.57. The number of unbranched alkanes of at least 4 members (excludes halogenated alkanes) is 5. The van der Waals surface area contributed by atoms with E-state index >= 15 is 0 Å². The number of carbonyl (C=O) groups excluding carboxylic acids is 1. The van der Waals surface area contributed by atoms with Gasteiger partial charge in [0.05, 0.1) is 12.2 Å². The summed E-state index contributed by atoms with van der Waals surface area (Å²) < 4.78 is 6.17. The first-order valence-corrected chi connectivity index (χ1v) is 12.7. The van der Waals surface area contributed by atoms with Gasteiger partial charge >= 0.3 is 5.97 Å². The minimum Gasteiger partial charge on any atom is -0.481 e. The molecular weight excluding hydrogens is 422 g/mol. The van der Waals surface area contributed by atoms with Gasteiger partial charge in [-0.1, -0.05) is 50.8 Å². The molecule has 0 aromatic carbocycles. The normalized spacial score (nSPS) is 32.9. The van der Waals surface area contributed by atoms with Gasteiger partial charge < -0.3 is 25.4 Å². The fraction of sp³-hybridized carbons (Fsp3) is 0.769. The van der Waals surface area contributed by atoms with E-state index in [0.717, 1.165) is 44.2 Å². The molecule has 7 heteroatoms. The molecule has 2 heterocycles. The molecule has 4 N–H and O–H groups in total. The number of carbonyl (C=O) groups is 2. The molecular formula is C26H41NO6. The summed E-state index contributed by atoms with van der Waals surface area (Å²) in [6.07, 6.45) is 13.9. The van der Waals surface area contributed by atoms with Gasteiger partial charge in [0.15, 0.2) is 5.79 Å². The number of hydrogen-bond acceptors (Lipinski definition) is 6. The summed E-state index contributed by atoms with van der Waals surface area (Å²) in [4.78, 5) is 23.4. The highest BCUT2D eigenvalue weighted by atomic mass is 16.6. The van der Waals surface area contributed by atoms with Crippen LogP contribution < -0.4 is 5.32 Å². The maximum Gasteiger partial charge on any atom is 0.303 e. The molecule has 7 nitrogen and oxygen atoms in total. The summed E-state index contributed by atoms with van der Waals surface area (Å²) in [5.74, 6) is -2.01. The molecule has 0 aromatic rings. The number of allylic oxidation sites excluding steroid dienone is 2. The first kappa shape index (κ1) is 25.9. The minimum absolute atomic E-state index is 0.0738. The van der Waals surface area contributed by atoms with Crippen LogP contribution in [0.4, 0.5) is 0 Å². The van der Waals surface area contributed by atoms with Crippen LogP contribution in [0.15, 0.2) is 23.9 Å². The molecule has 1 aliphatic carbocycles. The Kier molecular flexibility index (Phi) is 9.13. The molecule has 5 atom stereocenters. The van der Waals surface area contributed by atoms with Crippen LogP contribution >= 0.6 is 0 Å². The largest absolute Gasteiger partial charge is 0.481 e. The predicted octanol–water partition coefficient (Wildman–Crippen LogP) is 3.84. The van der Waals surface area contributed by atoms with Gasteiger partial charge in [-0.2, -0.15) is 0 Å². The van der Waals surface area contributed by atoms with E-state index in [2.05, 4.69) is 24.4 Å². The minimum atomic E-state index is -1.33. The quantitative estimate of drug-likeness (QED) is 0.228. The van der Waals surface area contributed by atoms with Crippen LogP contribution in [-0.4, -0.2) is 51.6 Å². The molecule has 2 saturated heterocycles. The summed E-state index contributed by atoms with van der Waals surface area (Å²) in [7, 11) is 0. The van der Waals surface area contributed by atoms with Crippen molar-refractivity contribution in [3.8, 4) is 0 Å². The molecule has 2 fully saturated rings. The molecule has 0 radical (unpaired) electrons. The number of Topliss-reactive ketones (excluding diaryl/α,β-unsaturated/α-hetero) is 1. The monoisotopic (exact) mass is 463 g/mol. The Morgan fingerprint density at radius 2 is 1.85 bits per heavy atom. The molecule has 1 spiro atoms. The fourth-order valence-corrected chi connectivity index (χ4v) is 5.95. The van der Waals surface area contributed by atoms with Crippen LogP contribution in [0.25, 0.3) is 0 Å². The Bertz CT molecular complexity index is 749. The van der Waals surface area contributed by atoms with E-state index in [4.69, 9.17) is 9.84 Å². The van der Waals surface area contributed by atoms with E-state index in [9.17, 15) is 19.8 Å². The van der Waals surface area contributed by atoms with Crippen LogP contribution in [0.5, 0.6) is 0 Å². The van der Waals surface area contributed by atoms with Crippen LogP contribution in [0.2, 0.25) is 0 Å². The summed E-state index contributed by atoms with van der Waals surface area (Å²) >= 11 is 0. The number of carboxylic acids is 1. The van der Waals surface area contributed by atoms with Gasteiger partial charge in [-0.25, -0.2) is 0 Å². The number of aliphatic hydroxyl groups is 2. The Morgan fingerprint density at radius 3 is 2.55 bits per heavy atom. The molecule has 2 bridgehead atoms. The van der Waals surface area contributed by atoms with E-state index in [1.54, 1.807) is 0 Å². The number of β-amino-alcohol motifs (C(OH)–C–C–N with tert-alkyl or cyclic N) is 1. The highest BCUT2D eigenvalue weighted by Crippen LogP contribution is 2.58. The van der Waals surface area contributed by atoms with Crippen molar-refractivity contribution in [2.75, 3.05) is 6.54 Å². The van der Waals surface area contributed by atoms with Gasteiger partial charge in [0, 0.05) is 55.7 Å². The fourth-order valence-electron chi connectivity index (χ4n) is 5.95. The predicted molar refractivity (Wildman–Crippen MR) is 125 cm³/mol. The van der Waals surface area contributed by atoms with Crippen molar-refractivity contribution < 1.29 is 29.6 Å². The lowest BCUT2D eigenvalue weighted by Crippen LogP contribution is -2.60. The number of aliphatic hydroxyl groups excluding tert-OH is 1. The topological polar surface area (TPSA) is 116 Å². The number of carboxylic acid groups (broad SMARTS) is 1. The lowest BCUT2D eigenvalue weighted by Gasteiger charge is -2.55. The van der Waals surface area contributed by atoms with Crippen molar-refractivity contribution in [3.05, 3.63) is 23.9 Å². The SMILES string of the molecule is CC/C=C\C[C@@H]1[C@H](CC(=O)CCCCCCCCC(=O)O)O[C@]2(O)CC=C3NC[C@H](O)C31C2. The number of aliphatic carboxylic acids is 1. The third kappa shape index (κ3) is 6.25. The van der Waals surface area contributed by atoms with E-state index < -0.39 is 29.4 Å². The van der Waals surface area contributed by atoms with Crippen LogP contribution in [0.1, 0.15) is 90.4 Å². The molecule has 0 aromatic heterocycles. The summed E-state index contributed by atoms with van der Waals surface area (Å²) in [6, 6.07) is 0. The smallest absolute Gasteiger partial charge is 0.303 e. The third-order valence-corrected chi connectivity index (χ3v) is 7.57. The Hall–Kier alpha value is -1.70. The summed E-state index contributed by atoms with van der Waals surface area (Å²) in [5, 5.41) is 34.1. The first-order valence-electron chi connectivity index (χ1n) is 12.7. The van der Waals surface area contributed by atoms with Crippen LogP contribution in [0.3, 0.4) is 0 Å². The lowest BCUT2D eigenvalue weighted by molar-refractivity contribution is -0.304. The van der Waals surface area contributed by atoms with Crippen molar-refractivity contribution in [1.29, 1.82) is 0 Å². The first-order chi connectivity index (χ1) is 15.8. The van der Waals surface area contributed by atoms with Crippen LogP contribution in [0, 0.1) is 11.3 Å². The Labute approximate surface area is 197 Å². The van der Waals surface area contributed by atoms with Crippen molar-refractivity contribution >= 4 is 11.8 Å². The maximum atomic E-state index is 12.9. The zero-order valence-electron chi connectivity index (χ0n) is 19.9. The Morgan fingerprint density at radius 1 is 1.15 bits per heavy atom. The van der Waals surface area contributed by atoms with Crippen molar-refractivity contribution in [1.82, 2.24) is 5.32 Å². The Balaban J connectivity index is 1.56. The molecule has 3 aliphatic rings. The zero-order valence-corrected chi connectivity index (χ0v) is 19.9. The summed E-state index contributed by atoms with van der Waals surface area (Å²) in [5.41, 5.74) is 0.405. The molecule has 33 heavy (non-hydrogen) atoms. The number of ether oxygens (including phenoxy) is 1. The molecule has 3 rings (SSSR count). The highest BCUT2D eigenvalue weighted by molar-refractivity contribution is 5.79. The number of rotatable bonds is 14. The second-order valence-electron chi connectivity index (χ2n) is 10.0. The van der Waals surface area contributed by atoms with Crippen molar-refractivity contribution in [3.63, 3.8) is 0 Å². The molecule has 1 unspecified atom stereocenters.